The van der Waals surface area contributed by atoms with Gasteiger partial charge in [-0.2, -0.15) is 13.2 Å². The number of rotatable bonds is 4. The van der Waals surface area contributed by atoms with E-state index in [1.165, 1.54) is 12.1 Å². The van der Waals surface area contributed by atoms with Gasteiger partial charge in [0.25, 0.3) is 0 Å². The highest BCUT2D eigenvalue weighted by atomic mass is 19.4. The molecular formula is C16H18F3NO3. The van der Waals surface area contributed by atoms with E-state index in [1.807, 2.05) is 0 Å². The van der Waals surface area contributed by atoms with Gasteiger partial charge in [-0.15, -0.1) is 0 Å². The predicted molar refractivity (Wildman–Crippen MR) is 76.8 cm³/mol. The number of halogens is 3. The minimum Gasteiger partial charge on any atom is -0.478 e. The molecule has 1 aromatic rings. The fourth-order valence-electron chi connectivity index (χ4n) is 2.87. The van der Waals surface area contributed by atoms with Crippen molar-refractivity contribution in [2.24, 2.45) is 11.8 Å². The number of carbonyl (C=O) groups excluding carboxylic acids is 1. The van der Waals surface area contributed by atoms with Gasteiger partial charge in [-0.25, -0.2) is 4.79 Å². The quantitative estimate of drug-likeness (QED) is 0.890. The van der Waals surface area contributed by atoms with Crippen molar-refractivity contribution in [3.8, 4) is 0 Å². The van der Waals surface area contributed by atoms with Gasteiger partial charge in [0.2, 0.25) is 5.91 Å². The molecular weight excluding hydrogens is 311 g/mol. The smallest absolute Gasteiger partial charge is 0.391 e. The molecule has 1 saturated carbocycles. The highest BCUT2D eigenvalue weighted by molar-refractivity contribution is 5.87. The molecule has 0 aliphatic heterocycles. The molecule has 7 heteroatoms. The molecule has 2 rings (SSSR count). The fourth-order valence-corrected chi connectivity index (χ4v) is 2.87. The van der Waals surface area contributed by atoms with Crippen molar-refractivity contribution in [1.82, 2.24) is 5.32 Å². The Balaban J connectivity index is 1.92. The topological polar surface area (TPSA) is 66.4 Å². The number of carbonyl (C=O) groups is 2. The third kappa shape index (κ3) is 4.71. The molecule has 1 amide bonds. The molecule has 0 radical (unpaired) electrons. The summed E-state index contributed by atoms with van der Waals surface area (Å²) in [6, 6.07) is 6.09. The number of aromatic carboxylic acids is 1. The lowest BCUT2D eigenvalue weighted by Gasteiger charge is -2.29. The summed E-state index contributed by atoms with van der Waals surface area (Å²) in [6.07, 6.45) is -3.52. The van der Waals surface area contributed by atoms with Gasteiger partial charge in [0.05, 0.1) is 11.5 Å². The van der Waals surface area contributed by atoms with E-state index in [-0.39, 0.29) is 24.9 Å². The van der Waals surface area contributed by atoms with Crippen LogP contribution in [-0.2, 0) is 11.3 Å². The summed E-state index contributed by atoms with van der Waals surface area (Å²) in [5.41, 5.74) is 0.702. The third-order valence-electron chi connectivity index (χ3n) is 4.15. The highest BCUT2D eigenvalue weighted by Crippen LogP contribution is 2.39. The summed E-state index contributed by atoms with van der Waals surface area (Å²) >= 11 is 0. The number of alkyl halides is 3. The Bertz CT molecular complexity index is 586. The van der Waals surface area contributed by atoms with Crippen LogP contribution in [0.4, 0.5) is 13.2 Å². The summed E-state index contributed by atoms with van der Waals surface area (Å²) < 4.78 is 38.3. The lowest BCUT2D eigenvalue weighted by Crippen LogP contribution is -2.37. The molecule has 1 fully saturated rings. The van der Waals surface area contributed by atoms with E-state index in [1.54, 1.807) is 12.1 Å². The van der Waals surface area contributed by atoms with Crippen molar-refractivity contribution in [2.45, 2.75) is 38.4 Å². The average Bonchev–Trinajstić information content (AvgIpc) is 2.52. The molecule has 0 bridgehead atoms. The van der Waals surface area contributed by atoms with Crippen molar-refractivity contribution in [2.75, 3.05) is 0 Å². The van der Waals surface area contributed by atoms with Crippen LogP contribution in [0.2, 0.25) is 0 Å². The van der Waals surface area contributed by atoms with Crippen LogP contribution in [0.3, 0.4) is 0 Å². The van der Waals surface area contributed by atoms with E-state index in [9.17, 15) is 22.8 Å². The molecule has 23 heavy (non-hydrogen) atoms. The van der Waals surface area contributed by atoms with Gasteiger partial charge in [0.1, 0.15) is 0 Å². The Kier molecular flexibility index (Phi) is 5.28. The second kappa shape index (κ2) is 7.02. The van der Waals surface area contributed by atoms with Crippen molar-refractivity contribution < 1.29 is 27.9 Å². The van der Waals surface area contributed by atoms with E-state index < -0.39 is 29.9 Å². The van der Waals surface area contributed by atoms with Gasteiger partial charge in [-0.05, 0) is 37.0 Å². The Morgan fingerprint density at radius 1 is 1.26 bits per heavy atom. The first-order valence-corrected chi connectivity index (χ1v) is 7.44. The summed E-state index contributed by atoms with van der Waals surface area (Å²) in [5.74, 6) is -3.53. The van der Waals surface area contributed by atoms with Gasteiger partial charge in [-0.3, -0.25) is 4.79 Å². The number of benzene rings is 1. The largest absolute Gasteiger partial charge is 0.478 e. The standard InChI is InChI=1S/C16H18F3NO3/c17-16(18,19)13-6-2-4-11(8-13)14(21)20-9-10-3-1-5-12(7-10)15(22)23/h1,3,5,7,11,13H,2,4,6,8-9H2,(H,20,21)(H,22,23)/t11-,13-/m1/s1. The van der Waals surface area contributed by atoms with E-state index in [4.69, 9.17) is 5.11 Å². The molecule has 0 aromatic heterocycles. The van der Waals surface area contributed by atoms with Crippen LogP contribution in [-0.4, -0.2) is 23.2 Å². The van der Waals surface area contributed by atoms with Crippen LogP contribution in [0.1, 0.15) is 41.6 Å². The number of carboxylic acids is 1. The zero-order chi connectivity index (χ0) is 17.0. The molecule has 0 saturated heterocycles. The lowest BCUT2D eigenvalue weighted by molar-refractivity contribution is -0.186. The lowest BCUT2D eigenvalue weighted by atomic mass is 9.80. The molecule has 0 heterocycles. The average molecular weight is 329 g/mol. The van der Waals surface area contributed by atoms with Crippen LogP contribution in [0.15, 0.2) is 24.3 Å². The first-order valence-electron chi connectivity index (χ1n) is 7.44. The Morgan fingerprint density at radius 3 is 2.65 bits per heavy atom. The third-order valence-corrected chi connectivity index (χ3v) is 4.15. The molecule has 4 nitrogen and oxygen atoms in total. The Morgan fingerprint density at radius 2 is 2.00 bits per heavy atom. The number of hydrogen-bond acceptors (Lipinski definition) is 2. The molecule has 1 aliphatic carbocycles. The summed E-state index contributed by atoms with van der Waals surface area (Å²) in [4.78, 5) is 22.9. The minimum atomic E-state index is -4.26. The monoisotopic (exact) mass is 329 g/mol. The van der Waals surface area contributed by atoms with Gasteiger partial charge >= 0.3 is 12.1 Å². The zero-order valence-corrected chi connectivity index (χ0v) is 12.4. The normalized spacial score (nSPS) is 21.7. The second-order valence-electron chi connectivity index (χ2n) is 5.83. The summed E-state index contributed by atoms with van der Waals surface area (Å²) in [7, 11) is 0. The van der Waals surface area contributed by atoms with Crippen LogP contribution < -0.4 is 5.32 Å². The first kappa shape index (κ1) is 17.3. The molecule has 1 aliphatic rings. The van der Waals surface area contributed by atoms with E-state index in [0.29, 0.717) is 18.4 Å². The summed E-state index contributed by atoms with van der Waals surface area (Å²) in [5, 5.41) is 11.5. The molecule has 0 spiro atoms. The summed E-state index contributed by atoms with van der Waals surface area (Å²) in [6.45, 7) is 0.104. The van der Waals surface area contributed by atoms with Crippen molar-refractivity contribution in [3.63, 3.8) is 0 Å². The van der Waals surface area contributed by atoms with Crippen LogP contribution in [0, 0.1) is 11.8 Å². The number of amides is 1. The maximum Gasteiger partial charge on any atom is 0.391 e. The number of nitrogens with one attached hydrogen (secondary N) is 1. The van der Waals surface area contributed by atoms with Crippen molar-refractivity contribution in [3.05, 3.63) is 35.4 Å². The first-order chi connectivity index (χ1) is 10.8. The molecule has 2 N–H and O–H groups in total. The SMILES string of the molecule is O=C(O)c1cccc(CNC(=O)[C@@H]2CCC[C@@H](C(F)(F)F)C2)c1. The molecule has 1 aromatic carbocycles. The van der Waals surface area contributed by atoms with Crippen LogP contribution >= 0.6 is 0 Å². The van der Waals surface area contributed by atoms with Crippen LogP contribution in [0.25, 0.3) is 0 Å². The number of hydrogen-bond donors (Lipinski definition) is 2. The molecule has 126 valence electrons. The fraction of sp³-hybridized carbons (Fsp3) is 0.500. The molecule has 2 atom stereocenters. The number of carboxylic acid groups (broad SMARTS) is 1. The van der Waals surface area contributed by atoms with Gasteiger partial charge in [0.15, 0.2) is 0 Å². The molecule has 0 unspecified atom stereocenters. The van der Waals surface area contributed by atoms with Gasteiger partial charge in [0, 0.05) is 12.5 Å². The maximum atomic E-state index is 12.8. The maximum absolute atomic E-state index is 12.8. The Hall–Kier alpha value is -2.05. The van der Waals surface area contributed by atoms with Crippen molar-refractivity contribution in [1.29, 1.82) is 0 Å². The highest BCUT2D eigenvalue weighted by Gasteiger charge is 2.43. The van der Waals surface area contributed by atoms with E-state index in [2.05, 4.69) is 5.32 Å². The van der Waals surface area contributed by atoms with E-state index >= 15 is 0 Å². The van der Waals surface area contributed by atoms with Gasteiger partial charge < -0.3 is 10.4 Å². The predicted octanol–water partition coefficient (Wildman–Crippen LogP) is 3.37. The zero-order valence-electron chi connectivity index (χ0n) is 12.4. The minimum absolute atomic E-state index is 0.0773. The van der Waals surface area contributed by atoms with Crippen LogP contribution in [0.5, 0.6) is 0 Å². The van der Waals surface area contributed by atoms with E-state index in [0.717, 1.165) is 0 Å². The second-order valence-corrected chi connectivity index (χ2v) is 5.83. The van der Waals surface area contributed by atoms with Gasteiger partial charge in [-0.1, -0.05) is 18.6 Å². The Labute approximate surface area is 131 Å². The van der Waals surface area contributed by atoms with Crippen molar-refractivity contribution >= 4 is 11.9 Å².